The van der Waals surface area contributed by atoms with Crippen molar-refractivity contribution in [3.05, 3.63) is 108 Å². The molecule has 44 heavy (non-hydrogen) atoms. The summed E-state index contributed by atoms with van der Waals surface area (Å²) in [6.07, 6.45) is -10.0. The fourth-order valence-corrected chi connectivity index (χ4v) is 5.10. The number of nitrogens with one attached hydrogen (secondary N) is 2. The molecule has 0 unspecified atom stereocenters. The first-order chi connectivity index (χ1) is 20.7. The Morgan fingerprint density at radius 1 is 0.864 bits per heavy atom. The second-order valence-corrected chi connectivity index (χ2v) is 11.0. The molecule has 2 N–H and O–H groups in total. The predicted octanol–water partition coefficient (Wildman–Crippen LogP) is 6.52. The molecule has 16 heteroatoms. The summed E-state index contributed by atoms with van der Waals surface area (Å²) in [4.78, 5) is 16.5. The number of hydrogen-bond acceptors (Lipinski definition) is 6. The number of rotatable bonds is 7. The van der Waals surface area contributed by atoms with Crippen molar-refractivity contribution in [2.75, 3.05) is 5.32 Å². The van der Waals surface area contributed by atoms with Crippen LogP contribution in [0.1, 0.15) is 16.8 Å². The summed E-state index contributed by atoms with van der Waals surface area (Å²) in [6.45, 7) is 0.0129. The Labute approximate surface area is 245 Å². The van der Waals surface area contributed by atoms with Gasteiger partial charge < -0.3 is 4.74 Å². The zero-order chi connectivity index (χ0) is 31.7. The van der Waals surface area contributed by atoms with Crippen molar-refractivity contribution >= 4 is 27.5 Å². The highest BCUT2D eigenvalue weighted by Gasteiger charge is 2.36. The number of carbonyl (C=O) groups is 1. The molecular weight excluding hydrogens is 616 g/mol. The third kappa shape index (κ3) is 6.81. The lowest BCUT2D eigenvalue weighted by atomic mass is 10.1. The summed E-state index contributed by atoms with van der Waals surface area (Å²) in [7, 11) is -3.99. The minimum atomic E-state index is -4.96. The first kappa shape index (κ1) is 30.5. The van der Waals surface area contributed by atoms with E-state index in [1.807, 2.05) is 0 Å². The van der Waals surface area contributed by atoms with Crippen LogP contribution >= 0.6 is 0 Å². The van der Waals surface area contributed by atoms with Crippen LogP contribution in [0.3, 0.4) is 0 Å². The van der Waals surface area contributed by atoms with Gasteiger partial charge in [-0.25, -0.2) is 27.4 Å². The van der Waals surface area contributed by atoms with Gasteiger partial charge in [0.05, 0.1) is 22.3 Å². The second kappa shape index (κ2) is 11.6. The number of anilines is 1. The van der Waals surface area contributed by atoms with Gasteiger partial charge in [-0.15, -0.1) is 0 Å². The van der Waals surface area contributed by atoms with Crippen LogP contribution in [-0.2, 0) is 28.9 Å². The Bertz CT molecular complexity index is 1930. The highest BCUT2D eigenvalue weighted by atomic mass is 32.2. The molecule has 0 saturated carbocycles. The largest absolute Gasteiger partial charge is 0.433 e. The highest BCUT2D eigenvalue weighted by molar-refractivity contribution is 7.89. The van der Waals surface area contributed by atoms with Gasteiger partial charge >= 0.3 is 18.4 Å². The number of hydrogen-bond donors (Lipinski definition) is 2. The van der Waals surface area contributed by atoms with Gasteiger partial charge in [0.2, 0.25) is 10.0 Å². The van der Waals surface area contributed by atoms with E-state index in [0.29, 0.717) is 28.3 Å². The molecule has 5 aromatic rings. The van der Waals surface area contributed by atoms with Crippen molar-refractivity contribution < 1.29 is 44.3 Å². The lowest BCUT2D eigenvalue weighted by Crippen LogP contribution is -2.23. The molecule has 0 aliphatic rings. The molecule has 0 spiro atoms. The van der Waals surface area contributed by atoms with Gasteiger partial charge in [0.1, 0.15) is 0 Å². The molecule has 0 aliphatic heterocycles. The minimum Gasteiger partial charge on any atom is -0.404 e. The van der Waals surface area contributed by atoms with E-state index in [1.165, 1.54) is 18.2 Å². The number of halogens is 6. The predicted molar refractivity (Wildman–Crippen MR) is 145 cm³/mol. The molecule has 0 bridgehead atoms. The summed E-state index contributed by atoms with van der Waals surface area (Å²) >= 11 is 0. The molecule has 0 radical (unpaired) electrons. The van der Waals surface area contributed by atoms with Crippen LogP contribution in [0.15, 0.2) is 96.0 Å². The fraction of sp³-hybridized carbons (Fsp3) is 0.107. The molecular formula is C28H19F6N5O4S. The number of ether oxygens (including phenoxy) is 1. The third-order valence-electron chi connectivity index (χ3n) is 6.14. The van der Waals surface area contributed by atoms with Crippen molar-refractivity contribution in [3.8, 4) is 17.0 Å². The Balaban J connectivity index is 1.38. The molecule has 0 saturated heterocycles. The van der Waals surface area contributed by atoms with E-state index >= 15 is 0 Å². The molecule has 0 fully saturated rings. The molecule has 2 aromatic heterocycles. The van der Waals surface area contributed by atoms with Gasteiger partial charge in [0.15, 0.2) is 17.1 Å². The average molecular weight is 636 g/mol. The number of alkyl halides is 6. The van der Waals surface area contributed by atoms with Crippen molar-refractivity contribution in [2.24, 2.45) is 0 Å². The molecule has 0 aliphatic carbocycles. The number of benzene rings is 3. The molecule has 9 nitrogen and oxygen atoms in total. The lowest BCUT2D eigenvalue weighted by Gasteiger charge is -2.12. The quantitative estimate of drug-likeness (QED) is 0.197. The molecule has 228 valence electrons. The average Bonchev–Trinajstić information content (AvgIpc) is 3.37. The summed E-state index contributed by atoms with van der Waals surface area (Å²) in [5.74, 6) is -0.505. The van der Waals surface area contributed by atoms with Crippen molar-refractivity contribution in [1.82, 2.24) is 19.3 Å². The van der Waals surface area contributed by atoms with Crippen LogP contribution in [0.25, 0.3) is 16.9 Å². The van der Waals surface area contributed by atoms with Crippen LogP contribution in [-0.4, -0.2) is 29.1 Å². The molecule has 5 rings (SSSR count). The molecule has 3 aromatic carbocycles. The Kier molecular flexibility index (Phi) is 8.05. The van der Waals surface area contributed by atoms with Crippen LogP contribution in [0, 0.1) is 0 Å². The highest BCUT2D eigenvalue weighted by Crippen LogP contribution is 2.35. The summed E-state index contributed by atoms with van der Waals surface area (Å²) in [5.41, 5.74) is -2.60. The summed E-state index contributed by atoms with van der Waals surface area (Å²) < 4.78 is 114. The SMILES string of the molecule is O=C(Nc1cccc(S(=O)(=O)NCc2ccccc2)c1)Oc1cnn2c(C(F)(F)F)cc(-c3ccc(C(F)(F)F)cc3)nc12. The zero-order valence-corrected chi connectivity index (χ0v) is 22.8. The number of carbonyl (C=O) groups excluding carboxylic acids is 1. The maximum Gasteiger partial charge on any atom is 0.433 e. The van der Waals surface area contributed by atoms with E-state index in [2.05, 4.69) is 20.1 Å². The van der Waals surface area contributed by atoms with E-state index in [1.54, 1.807) is 30.3 Å². The number of aromatic nitrogens is 3. The fourth-order valence-electron chi connectivity index (χ4n) is 4.04. The monoisotopic (exact) mass is 635 g/mol. The van der Waals surface area contributed by atoms with E-state index in [0.717, 1.165) is 24.4 Å². The van der Waals surface area contributed by atoms with Gasteiger partial charge in [0, 0.05) is 17.8 Å². The van der Waals surface area contributed by atoms with E-state index in [9.17, 15) is 39.6 Å². The first-order valence-corrected chi connectivity index (χ1v) is 14.0. The van der Waals surface area contributed by atoms with Gasteiger partial charge in [-0.2, -0.15) is 31.4 Å². The summed E-state index contributed by atoms with van der Waals surface area (Å²) in [5, 5.41) is 5.91. The second-order valence-electron chi connectivity index (χ2n) is 9.20. The maximum atomic E-state index is 13.9. The Hall–Kier alpha value is -4.96. The van der Waals surface area contributed by atoms with Gasteiger partial charge in [-0.1, -0.05) is 48.5 Å². The normalized spacial score (nSPS) is 12.3. The molecule has 1 amide bonds. The van der Waals surface area contributed by atoms with Crippen LogP contribution in [0.5, 0.6) is 5.75 Å². The van der Waals surface area contributed by atoms with E-state index in [-0.39, 0.29) is 28.4 Å². The van der Waals surface area contributed by atoms with Gasteiger partial charge in [-0.3, -0.25) is 5.32 Å². The van der Waals surface area contributed by atoms with E-state index < -0.39 is 51.1 Å². The topological polar surface area (TPSA) is 115 Å². The molecule has 0 atom stereocenters. The van der Waals surface area contributed by atoms with Gasteiger partial charge in [-0.05, 0) is 42.0 Å². The van der Waals surface area contributed by atoms with Crippen LogP contribution in [0.4, 0.5) is 36.8 Å². The number of nitrogens with zero attached hydrogens (tertiary/aromatic N) is 3. The summed E-state index contributed by atoms with van der Waals surface area (Å²) in [6, 6.07) is 17.8. The van der Waals surface area contributed by atoms with Crippen molar-refractivity contribution in [1.29, 1.82) is 0 Å². The Morgan fingerprint density at radius 2 is 1.57 bits per heavy atom. The van der Waals surface area contributed by atoms with Crippen LogP contribution in [0.2, 0.25) is 0 Å². The maximum absolute atomic E-state index is 13.9. The van der Waals surface area contributed by atoms with E-state index in [4.69, 9.17) is 4.74 Å². The first-order valence-electron chi connectivity index (χ1n) is 12.5. The number of sulfonamides is 1. The smallest absolute Gasteiger partial charge is 0.404 e. The standard InChI is InChI=1S/C28H19F6N5O4S/c29-27(30,31)19-11-9-18(10-12-19)22-14-24(28(32,33)34)39-25(38-22)23(16-35-39)43-26(40)37-20-7-4-8-21(13-20)44(41,42)36-15-17-5-2-1-3-6-17/h1-14,16,36H,15H2,(H,37,40). The lowest BCUT2D eigenvalue weighted by molar-refractivity contribution is -0.142. The zero-order valence-electron chi connectivity index (χ0n) is 22.0. The van der Waals surface area contributed by atoms with Crippen molar-refractivity contribution in [2.45, 2.75) is 23.8 Å². The van der Waals surface area contributed by atoms with Crippen molar-refractivity contribution in [3.63, 3.8) is 0 Å². The Morgan fingerprint density at radius 3 is 2.23 bits per heavy atom. The number of fused-ring (bicyclic) bond motifs is 1. The molecule has 2 heterocycles. The number of amides is 1. The van der Waals surface area contributed by atoms with Crippen LogP contribution < -0.4 is 14.8 Å². The minimum absolute atomic E-state index is 0.0107. The third-order valence-corrected chi connectivity index (χ3v) is 7.54. The van der Waals surface area contributed by atoms with Gasteiger partial charge in [0.25, 0.3) is 0 Å².